The average Bonchev–Trinajstić information content (AvgIpc) is 3.02. The monoisotopic (exact) mass is 367 g/mol. The van der Waals surface area contributed by atoms with Crippen LogP contribution in [0.5, 0.6) is 0 Å². The molecule has 3 heterocycles. The minimum Gasteiger partial charge on any atom is -0.308 e. The molecule has 1 aliphatic heterocycles. The number of aromatic nitrogens is 2. The zero-order valence-corrected chi connectivity index (χ0v) is 15.6. The fraction of sp³-hybridized carbons (Fsp3) is 0.238. The van der Waals surface area contributed by atoms with Gasteiger partial charge < -0.3 is 9.30 Å². The van der Waals surface area contributed by atoms with Crippen LogP contribution in [0.1, 0.15) is 24.6 Å². The standard InChI is InChI=1S/C21H21N3O.ClH/c1-3-12-24-18-10-8-16(14-15(18)9-11-20(24)25)21-17(4-2)23-13-6-5-7-19(23)22-21;/h3,5-8,10,13-14H,1,4,9,11-12H2,2H3;1H. The van der Waals surface area contributed by atoms with E-state index in [0.29, 0.717) is 13.0 Å². The van der Waals surface area contributed by atoms with Gasteiger partial charge in [0, 0.05) is 30.4 Å². The molecule has 134 valence electrons. The van der Waals surface area contributed by atoms with Crippen molar-refractivity contribution in [1.82, 2.24) is 9.38 Å². The van der Waals surface area contributed by atoms with Crippen molar-refractivity contribution in [2.24, 2.45) is 0 Å². The van der Waals surface area contributed by atoms with Crippen molar-refractivity contribution in [1.29, 1.82) is 0 Å². The van der Waals surface area contributed by atoms with E-state index in [-0.39, 0.29) is 18.3 Å². The van der Waals surface area contributed by atoms with Crippen LogP contribution in [-0.2, 0) is 17.6 Å². The Bertz CT molecular complexity index is 977. The molecule has 1 amide bonds. The Kier molecular flexibility index (Phi) is 5.14. The molecule has 0 spiro atoms. The lowest BCUT2D eigenvalue weighted by Crippen LogP contribution is -2.35. The molecule has 4 nitrogen and oxygen atoms in total. The molecule has 0 radical (unpaired) electrons. The Hall–Kier alpha value is -2.59. The third-order valence-corrected chi connectivity index (χ3v) is 4.83. The second-order valence-electron chi connectivity index (χ2n) is 6.33. The van der Waals surface area contributed by atoms with E-state index < -0.39 is 0 Å². The number of aryl methyl sites for hydroxylation is 2. The third-order valence-electron chi connectivity index (χ3n) is 4.83. The largest absolute Gasteiger partial charge is 0.308 e. The number of halogens is 1. The van der Waals surface area contributed by atoms with E-state index in [1.54, 1.807) is 6.08 Å². The van der Waals surface area contributed by atoms with E-state index >= 15 is 0 Å². The number of amides is 1. The smallest absolute Gasteiger partial charge is 0.227 e. The number of carbonyl (C=O) groups excluding carboxylic acids is 1. The molecule has 4 rings (SSSR count). The van der Waals surface area contributed by atoms with Gasteiger partial charge in [0.05, 0.1) is 11.4 Å². The summed E-state index contributed by atoms with van der Waals surface area (Å²) >= 11 is 0. The topological polar surface area (TPSA) is 37.6 Å². The number of fused-ring (bicyclic) bond motifs is 2. The van der Waals surface area contributed by atoms with Gasteiger partial charge in [0.1, 0.15) is 5.65 Å². The number of pyridine rings is 1. The van der Waals surface area contributed by atoms with E-state index in [2.05, 4.69) is 42.3 Å². The fourth-order valence-corrected chi connectivity index (χ4v) is 3.65. The molecule has 0 N–H and O–H groups in total. The maximum absolute atomic E-state index is 12.2. The van der Waals surface area contributed by atoms with Gasteiger partial charge in [-0.2, -0.15) is 0 Å². The van der Waals surface area contributed by atoms with Crippen LogP contribution in [0, 0.1) is 0 Å². The number of anilines is 1. The number of hydrogen-bond donors (Lipinski definition) is 0. The Morgan fingerprint density at radius 2 is 2.08 bits per heavy atom. The Labute approximate surface area is 159 Å². The summed E-state index contributed by atoms with van der Waals surface area (Å²) in [6.07, 6.45) is 6.09. The van der Waals surface area contributed by atoms with E-state index in [4.69, 9.17) is 4.98 Å². The number of rotatable bonds is 4. The first-order valence-corrected chi connectivity index (χ1v) is 8.73. The van der Waals surface area contributed by atoms with Crippen molar-refractivity contribution in [2.45, 2.75) is 26.2 Å². The summed E-state index contributed by atoms with van der Waals surface area (Å²) < 4.78 is 2.16. The average molecular weight is 368 g/mol. The summed E-state index contributed by atoms with van der Waals surface area (Å²) in [7, 11) is 0. The van der Waals surface area contributed by atoms with Gasteiger partial charge in [-0.1, -0.05) is 25.1 Å². The van der Waals surface area contributed by atoms with Crippen molar-refractivity contribution in [3.8, 4) is 11.3 Å². The van der Waals surface area contributed by atoms with Gasteiger partial charge in [-0.15, -0.1) is 19.0 Å². The Balaban J connectivity index is 0.00000196. The lowest BCUT2D eigenvalue weighted by atomic mass is 9.97. The van der Waals surface area contributed by atoms with Crippen LogP contribution >= 0.6 is 12.4 Å². The highest BCUT2D eigenvalue weighted by Gasteiger charge is 2.24. The highest BCUT2D eigenvalue weighted by Crippen LogP contribution is 2.33. The van der Waals surface area contributed by atoms with Crippen LogP contribution in [0.3, 0.4) is 0 Å². The minimum atomic E-state index is 0. The molecule has 5 heteroatoms. The molecule has 2 aromatic heterocycles. The van der Waals surface area contributed by atoms with Gasteiger partial charge in [-0.3, -0.25) is 4.79 Å². The third kappa shape index (κ3) is 2.90. The lowest BCUT2D eigenvalue weighted by Gasteiger charge is -2.28. The van der Waals surface area contributed by atoms with Crippen molar-refractivity contribution in [2.75, 3.05) is 11.4 Å². The zero-order chi connectivity index (χ0) is 17.4. The first-order chi connectivity index (χ1) is 12.2. The number of benzene rings is 1. The maximum Gasteiger partial charge on any atom is 0.227 e. The number of hydrogen-bond acceptors (Lipinski definition) is 2. The number of imidazole rings is 1. The summed E-state index contributed by atoms with van der Waals surface area (Å²) in [4.78, 5) is 18.8. The predicted molar refractivity (Wildman–Crippen MR) is 108 cm³/mol. The highest BCUT2D eigenvalue weighted by atomic mass is 35.5. The molecule has 1 aliphatic rings. The molecule has 26 heavy (non-hydrogen) atoms. The number of nitrogens with zero attached hydrogens (tertiary/aromatic N) is 3. The van der Waals surface area contributed by atoms with E-state index in [1.807, 2.05) is 23.1 Å². The van der Waals surface area contributed by atoms with Gasteiger partial charge in [-0.25, -0.2) is 4.98 Å². The SMILES string of the molecule is C=CCN1C(=O)CCc2cc(-c3nc4ccccn4c3CC)ccc21.Cl. The Morgan fingerprint density at radius 3 is 2.85 bits per heavy atom. The van der Waals surface area contributed by atoms with Crippen LogP contribution in [-0.4, -0.2) is 21.8 Å². The van der Waals surface area contributed by atoms with Gasteiger partial charge in [0.15, 0.2) is 0 Å². The summed E-state index contributed by atoms with van der Waals surface area (Å²) in [5.41, 5.74) is 6.54. The van der Waals surface area contributed by atoms with Crippen molar-refractivity contribution < 1.29 is 4.79 Å². The quantitative estimate of drug-likeness (QED) is 0.639. The van der Waals surface area contributed by atoms with Crippen molar-refractivity contribution in [3.63, 3.8) is 0 Å². The van der Waals surface area contributed by atoms with Gasteiger partial charge >= 0.3 is 0 Å². The summed E-state index contributed by atoms with van der Waals surface area (Å²) in [5.74, 6) is 0.169. The molecule has 0 bridgehead atoms. The molecular formula is C21H22ClN3O. The molecule has 0 fully saturated rings. The van der Waals surface area contributed by atoms with Crippen LogP contribution < -0.4 is 4.90 Å². The van der Waals surface area contributed by atoms with Crippen LogP contribution in [0.4, 0.5) is 5.69 Å². The molecule has 3 aromatic rings. The van der Waals surface area contributed by atoms with Crippen LogP contribution in [0.2, 0.25) is 0 Å². The maximum atomic E-state index is 12.2. The van der Waals surface area contributed by atoms with Crippen molar-refractivity contribution >= 4 is 29.6 Å². The molecule has 0 atom stereocenters. The van der Waals surface area contributed by atoms with Gasteiger partial charge in [-0.05, 0) is 42.7 Å². The predicted octanol–water partition coefficient (Wildman–Crippen LogP) is 4.45. The molecule has 1 aromatic carbocycles. The second-order valence-corrected chi connectivity index (χ2v) is 6.33. The van der Waals surface area contributed by atoms with E-state index in [0.717, 1.165) is 35.4 Å². The van der Waals surface area contributed by atoms with Gasteiger partial charge in [0.2, 0.25) is 5.91 Å². The molecule has 0 unspecified atom stereocenters. The van der Waals surface area contributed by atoms with Crippen LogP contribution in [0.25, 0.3) is 16.9 Å². The summed E-state index contributed by atoms with van der Waals surface area (Å²) in [6.45, 7) is 6.48. The fourth-order valence-electron chi connectivity index (χ4n) is 3.65. The normalized spacial score (nSPS) is 13.4. The van der Waals surface area contributed by atoms with Crippen molar-refractivity contribution in [3.05, 3.63) is 66.5 Å². The Morgan fingerprint density at radius 1 is 1.23 bits per heavy atom. The number of carbonyl (C=O) groups is 1. The highest BCUT2D eigenvalue weighted by molar-refractivity contribution is 5.97. The van der Waals surface area contributed by atoms with E-state index in [9.17, 15) is 4.79 Å². The summed E-state index contributed by atoms with van der Waals surface area (Å²) in [5, 5.41) is 0. The van der Waals surface area contributed by atoms with Gasteiger partial charge in [0.25, 0.3) is 0 Å². The summed E-state index contributed by atoms with van der Waals surface area (Å²) in [6, 6.07) is 12.4. The van der Waals surface area contributed by atoms with E-state index in [1.165, 1.54) is 11.3 Å². The molecular weight excluding hydrogens is 346 g/mol. The first-order valence-electron chi connectivity index (χ1n) is 8.73. The first kappa shape index (κ1) is 18.2. The second kappa shape index (κ2) is 7.34. The van der Waals surface area contributed by atoms with Crippen LogP contribution in [0.15, 0.2) is 55.3 Å². The molecule has 0 saturated carbocycles. The zero-order valence-electron chi connectivity index (χ0n) is 14.8. The minimum absolute atomic E-state index is 0. The molecule has 0 aliphatic carbocycles. The lowest BCUT2D eigenvalue weighted by molar-refractivity contribution is -0.118. The molecule has 0 saturated heterocycles.